The molecule has 0 aromatic heterocycles. The van der Waals surface area contributed by atoms with E-state index in [-0.39, 0.29) is 16.1 Å². The summed E-state index contributed by atoms with van der Waals surface area (Å²) in [4.78, 5) is 24.0. The van der Waals surface area contributed by atoms with E-state index in [0.717, 1.165) is 29.8 Å². The maximum atomic E-state index is 13.1. The zero-order valence-electron chi connectivity index (χ0n) is 17.2. The molecule has 7 nitrogen and oxygen atoms in total. The van der Waals surface area contributed by atoms with E-state index in [1.165, 1.54) is 19.2 Å². The molecule has 1 amide bonds. The summed E-state index contributed by atoms with van der Waals surface area (Å²) < 4.78 is 45.3. The van der Waals surface area contributed by atoms with Gasteiger partial charge in [-0.2, -0.15) is 0 Å². The van der Waals surface area contributed by atoms with Crippen molar-refractivity contribution in [2.24, 2.45) is 0 Å². The highest BCUT2D eigenvalue weighted by Crippen LogP contribution is 2.20. The number of para-hydroxylation sites is 1. The summed E-state index contributed by atoms with van der Waals surface area (Å²) in [6.45, 7) is 0.301. The lowest BCUT2D eigenvalue weighted by molar-refractivity contribution is 0.0600. The summed E-state index contributed by atoms with van der Waals surface area (Å²) >= 11 is 0. The Balaban J connectivity index is 1.65. The molecule has 0 spiro atoms. The van der Waals surface area contributed by atoms with Crippen molar-refractivity contribution in [3.8, 4) is 0 Å². The van der Waals surface area contributed by atoms with Crippen LogP contribution in [0.2, 0.25) is 0 Å². The number of hydrogen-bond donors (Lipinski definition) is 2. The average Bonchev–Trinajstić information content (AvgIpc) is 2.79. The van der Waals surface area contributed by atoms with Gasteiger partial charge in [-0.1, -0.05) is 24.3 Å². The molecule has 32 heavy (non-hydrogen) atoms. The van der Waals surface area contributed by atoms with Crippen LogP contribution in [0.3, 0.4) is 0 Å². The smallest absolute Gasteiger partial charge is 0.337 e. The summed E-state index contributed by atoms with van der Waals surface area (Å²) in [5.74, 6) is -1.43. The number of ether oxygens (including phenoxy) is 1. The lowest BCUT2D eigenvalue weighted by Gasteiger charge is -2.13. The maximum Gasteiger partial charge on any atom is 0.337 e. The Hall–Kier alpha value is -3.72. The van der Waals surface area contributed by atoms with Crippen LogP contribution in [0.5, 0.6) is 0 Å². The van der Waals surface area contributed by atoms with Crippen LogP contribution in [0.1, 0.15) is 26.3 Å². The van der Waals surface area contributed by atoms with Crippen LogP contribution in [0.15, 0.2) is 77.7 Å². The second-order valence-corrected chi connectivity index (χ2v) is 8.48. The zero-order chi connectivity index (χ0) is 23.1. The summed E-state index contributed by atoms with van der Waals surface area (Å²) in [7, 11) is -2.69. The molecule has 0 aliphatic heterocycles. The largest absolute Gasteiger partial charge is 0.465 e. The molecule has 3 aromatic rings. The monoisotopic (exact) mass is 456 g/mol. The molecule has 0 saturated heterocycles. The number of methoxy groups -OCH3 is 1. The number of amides is 1. The summed E-state index contributed by atoms with van der Waals surface area (Å²) in [6, 6.07) is 17.4. The van der Waals surface area contributed by atoms with Crippen molar-refractivity contribution in [1.29, 1.82) is 0 Å². The van der Waals surface area contributed by atoms with Gasteiger partial charge in [0.25, 0.3) is 15.9 Å². The van der Waals surface area contributed by atoms with E-state index >= 15 is 0 Å². The zero-order valence-corrected chi connectivity index (χ0v) is 18.0. The van der Waals surface area contributed by atoms with Crippen molar-refractivity contribution in [2.45, 2.75) is 11.3 Å². The third-order valence-corrected chi connectivity index (χ3v) is 6.00. The standard InChI is InChI=1S/C23H21FN2O5S/c1-31-23(28)17-8-6-16(7-9-17)14-15-25-22(27)20-4-2-3-5-21(20)26-32(29,30)19-12-10-18(24)11-13-19/h2-13,26H,14-15H2,1H3,(H,25,27). The first kappa shape index (κ1) is 23.0. The van der Waals surface area contributed by atoms with Gasteiger partial charge in [-0.05, 0) is 60.5 Å². The number of carbonyl (C=O) groups is 2. The van der Waals surface area contributed by atoms with Gasteiger partial charge in [0.05, 0.1) is 28.8 Å². The minimum absolute atomic E-state index is 0.108. The summed E-state index contributed by atoms with van der Waals surface area (Å²) in [5, 5.41) is 2.75. The van der Waals surface area contributed by atoms with Crippen LogP contribution in [-0.4, -0.2) is 33.9 Å². The number of hydrogen-bond acceptors (Lipinski definition) is 5. The fourth-order valence-electron chi connectivity index (χ4n) is 2.93. The van der Waals surface area contributed by atoms with Crippen LogP contribution in [0, 0.1) is 5.82 Å². The number of esters is 1. The molecule has 3 rings (SSSR count). The Morgan fingerprint density at radius 3 is 2.25 bits per heavy atom. The minimum Gasteiger partial charge on any atom is -0.465 e. The van der Waals surface area contributed by atoms with Gasteiger partial charge in [-0.3, -0.25) is 9.52 Å². The first-order valence-electron chi connectivity index (χ1n) is 9.63. The van der Waals surface area contributed by atoms with Crippen molar-refractivity contribution in [3.63, 3.8) is 0 Å². The fraction of sp³-hybridized carbons (Fsp3) is 0.130. The van der Waals surface area contributed by atoms with Crippen LogP contribution < -0.4 is 10.0 Å². The number of benzene rings is 3. The lowest BCUT2D eigenvalue weighted by Crippen LogP contribution is -2.27. The Labute approximate surface area is 185 Å². The van der Waals surface area contributed by atoms with Gasteiger partial charge in [-0.15, -0.1) is 0 Å². The summed E-state index contributed by atoms with van der Waals surface area (Å²) in [5.41, 5.74) is 1.60. The molecule has 3 aromatic carbocycles. The minimum atomic E-state index is -4.00. The van der Waals surface area contributed by atoms with Crippen molar-refractivity contribution < 1.29 is 27.1 Å². The highest BCUT2D eigenvalue weighted by Gasteiger charge is 2.18. The fourth-order valence-corrected chi connectivity index (χ4v) is 4.01. The Morgan fingerprint density at radius 2 is 1.59 bits per heavy atom. The van der Waals surface area contributed by atoms with Gasteiger partial charge >= 0.3 is 5.97 Å². The van der Waals surface area contributed by atoms with E-state index in [1.807, 2.05) is 0 Å². The quantitative estimate of drug-likeness (QED) is 0.506. The normalized spacial score (nSPS) is 10.9. The maximum absolute atomic E-state index is 13.1. The predicted molar refractivity (Wildman–Crippen MR) is 117 cm³/mol. The second-order valence-electron chi connectivity index (χ2n) is 6.80. The number of sulfonamides is 1. The molecule has 2 N–H and O–H groups in total. The number of carbonyl (C=O) groups excluding carboxylic acids is 2. The SMILES string of the molecule is COC(=O)c1ccc(CCNC(=O)c2ccccc2NS(=O)(=O)c2ccc(F)cc2)cc1. The van der Waals surface area contributed by atoms with E-state index in [2.05, 4.69) is 14.8 Å². The van der Waals surface area contributed by atoms with E-state index in [0.29, 0.717) is 18.5 Å². The van der Waals surface area contributed by atoms with Crippen molar-refractivity contribution in [3.05, 3.63) is 95.3 Å². The predicted octanol–water partition coefficient (Wildman–Crippen LogP) is 3.39. The molecular formula is C23H21FN2O5S. The van der Waals surface area contributed by atoms with E-state index in [9.17, 15) is 22.4 Å². The first-order chi connectivity index (χ1) is 15.3. The van der Waals surface area contributed by atoms with Crippen LogP contribution >= 0.6 is 0 Å². The number of nitrogens with one attached hydrogen (secondary N) is 2. The Bertz CT molecular complexity index is 1210. The third kappa shape index (κ3) is 5.70. The van der Waals surface area contributed by atoms with Gasteiger partial charge in [0.15, 0.2) is 0 Å². The van der Waals surface area contributed by atoms with Crippen molar-refractivity contribution in [1.82, 2.24) is 5.32 Å². The van der Waals surface area contributed by atoms with E-state index in [4.69, 9.17) is 0 Å². The van der Waals surface area contributed by atoms with Gasteiger partial charge in [0.1, 0.15) is 5.82 Å². The second kappa shape index (κ2) is 10.1. The van der Waals surface area contributed by atoms with Crippen LogP contribution in [0.25, 0.3) is 0 Å². The molecule has 0 bridgehead atoms. The van der Waals surface area contributed by atoms with Gasteiger partial charge < -0.3 is 10.1 Å². The van der Waals surface area contributed by atoms with Gasteiger partial charge in [-0.25, -0.2) is 17.6 Å². The Kier molecular flexibility index (Phi) is 7.21. The van der Waals surface area contributed by atoms with Crippen LogP contribution in [0.4, 0.5) is 10.1 Å². The summed E-state index contributed by atoms with van der Waals surface area (Å²) in [6.07, 6.45) is 0.511. The van der Waals surface area contributed by atoms with Crippen molar-refractivity contribution >= 4 is 27.6 Å². The topological polar surface area (TPSA) is 102 Å². The van der Waals surface area contributed by atoms with Crippen LogP contribution in [-0.2, 0) is 21.2 Å². The van der Waals surface area contributed by atoms with Gasteiger partial charge in [0, 0.05) is 6.54 Å². The lowest BCUT2D eigenvalue weighted by atomic mass is 10.1. The molecule has 0 atom stereocenters. The molecule has 0 fully saturated rings. The Morgan fingerprint density at radius 1 is 0.938 bits per heavy atom. The molecule has 0 aliphatic carbocycles. The average molecular weight is 456 g/mol. The molecule has 0 heterocycles. The highest BCUT2D eigenvalue weighted by atomic mass is 32.2. The third-order valence-electron chi connectivity index (χ3n) is 4.61. The molecule has 0 radical (unpaired) electrons. The molecule has 0 saturated carbocycles. The first-order valence-corrected chi connectivity index (χ1v) is 11.1. The van der Waals surface area contributed by atoms with E-state index in [1.54, 1.807) is 36.4 Å². The van der Waals surface area contributed by atoms with Gasteiger partial charge in [0.2, 0.25) is 0 Å². The van der Waals surface area contributed by atoms with Crippen molar-refractivity contribution in [2.75, 3.05) is 18.4 Å². The number of rotatable bonds is 8. The molecule has 0 aliphatic rings. The van der Waals surface area contributed by atoms with E-state index < -0.39 is 27.7 Å². The highest BCUT2D eigenvalue weighted by molar-refractivity contribution is 7.92. The molecule has 9 heteroatoms. The molecule has 0 unspecified atom stereocenters. The number of anilines is 1. The molecule has 166 valence electrons. The molecular weight excluding hydrogens is 435 g/mol. The number of halogens is 1.